The zero-order valence-corrected chi connectivity index (χ0v) is 34.0. The fourth-order valence-corrected chi connectivity index (χ4v) is 11.3. The van der Waals surface area contributed by atoms with Crippen molar-refractivity contribution in [2.45, 2.75) is 89.5 Å². The molecule has 1 aliphatic heterocycles. The first kappa shape index (κ1) is 42.3. The van der Waals surface area contributed by atoms with Crippen molar-refractivity contribution in [1.29, 1.82) is 10.5 Å². The van der Waals surface area contributed by atoms with Gasteiger partial charge in [0.05, 0.1) is 0 Å². The zero-order valence-electron chi connectivity index (χ0n) is 33.0. The van der Waals surface area contributed by atoms with Crippen LogP contribution in [0.1, 0.15) is 75.4 Å². The molecular weight excluding hydrogens is 733 g/mol. The summed E-state index contributed by atoms with van der Waals surface area (Å²) in [5.41, 5.74) is -1.45. The van der Waals surface area contributed by atoms with Crippen LogP contribution in [0.15, 0.2) is 94.6 Å². The molecule has 4 aromatic rings. The third-order valence-electron chi connectivity index (χ3n) is 10.3. The molecule has 13 nitrogen and oxygen atoms in total. The van der Waals surface area contributed by atoms with Crippen molar-refractivity contribution in [3.8, 4) is 23.6 Å². The quantitative estimate of drug-likeness (QED) is 0.0903. The van der Waals surface area contributed by atoms with Gasteiger partial charge in [-0.1, -0.05) is 0 Å². The summed E-state index contributed by atoms with van der Waals surface area (Å²) in [7, 11) is -0.852. The summed E-state index contributed by atoms with van der Waals surface area (Å²) >= 11 is 0. The van der Waals surface area contributed by atoms with E-state index in [9.17, 15) is 25.0 Å². The Morgan fingerprint density at radius 2 is 1.48 bits per heavy atom. The minimum atomic E-state index is -4.04. The predicted octanol–water partition coefficient (Wildman–Crippen LogP) is 6.35. The number of benzene rings is 3. The molecule has 0 radical (unpaired) electrons. The molecule has 56 heavy (non-hydrogen) atoms. The number of nitrogens with one attached hydrogen (secondary N) is 1. The molecule has 2 N–H and O–H groups in total. The van der Waals surface area contributed by atoms with Crippen LogP contribution in [0.5, 0.6) is 11.5 Å². The van der Waals surface area contributed by atoms with Crippen molar-refractivity contribution in [3.63, 3.8) is 0 Å². The van der Waals surface area contributed by atoms with Crippen molar-refractivity contribution in [2.24, 2.45) is 0 Å². The van der Waals surface area contributed by atoms with Crippen molar-refractivity contribution in [2.75, 3.05) is 27.0 Å². The molecule has 0 amide bonds. The molecule has 0 unspecified atom stereocenters. The van der Waals surface area contributed by atoms with E-state index in [1.807, 2.05) is 111 Å². The van der Waals surface area contributed by atoms with E-state index in [1.165, 1.54) is 10.8 Å². The maximum absolute atomic E-state index is 13.3. The monoisotopic (exact) mass is 785 g/mol. The van der Waals surface area contributed by atoms with Crippen LogP contribution < -0.4 is 20.7 Å². The van der Waals surface area contributed by atoms with E-state index < -0.39 is 42.7 Å². The molecule has 0 spiro atoms. The van der Waals surface area contributed by atoms with E-state index in [0.29, 0.717) is 11.5 Å². The summed E-state index contributed by atoms with van der Waals surface area (Å²) in [6.07, 6.45) is -0.893. The van der Waals surface area contributed by atoms with Crippen molar-refractivity contribution in [3.05, 3.63) is 128 Å². The van der Waals surface area contributed by atoms with Crippen LogP contribution in [0.25, 0.3) is 0 Å². The Balaban J connectivity index is 1.72. The van der Waals surface area contributed by atoms with E-state index in [2.05, 4.69) is 17.1 Å². The van der Waals surface area contributed by atoms with Crippen LogP contribution in [-0.4, -0.2) is 69.9 Å². The van der Waals surface area contributed by atoms with Crippen molar-refractivity contribution < 1.29 is 28.4 Å². The van der Waals surface area contributed by atoms with Gasteiger partial charge in [0, 0.05) is 0 Å². The first-order chi connectivity index (χ1) is 26.8. The Kier molecular flexibility index (Phi) is 13.6. The van der Waals surface area contributed by atoms with Gasteiger partial charge in [0.25, 0.3) is 0 Å². The van der Waals surface area contributed by atoms with E-state index in [0.717, 1.165) is 16.7 Å². The molecule has 3 aromatic carbocycles. The standard InChI is InChI=1S/C42H52N5O8P/c1-29(2)47(30(3)4)56(50,25-11-23-43)55-41(22-24-44)26-38(46-27-31(5)39(48)45-40(46)49)54-37(41)28-53-42(32-12-9-8-10-13-32,33-14-18-35(51-6)19-15-33)34-16-20-36(52-7)21-17-34/h8-10,12-21,27,29-30,37-38,50,56H,11,22,25-26,28H2,1-7H3,(H,45,48,49)/t37-,38-,41+/m1/s1. The van der Waals surface area contributed by atoms with Gasteiger partial charge >= 0.3 is 329 Å². The van der Waals surface area contributed by atoms with Gasteiger partial charge in [-0.25, -0.2) is 0 Å². The summed E-state index contributed by atoms with van der Waals surface area (Å²) in [6.45, 7) is 9.17. The first-order valence-corrected chi connectivity index (χ1v) is 20.7. The van der Waals surface area contributed by atoms with Crippen LogP contribution in [0.3, 0.4) is 0 Å². The number of nitrogens with zero attached hydrogens (tertiary/aromatic N) is 4. The van der Waals surface area contributed by atoms with Crippen LogP contribution in [-0.2, 0) is 19.6 Å². The Bertz CT molecular complexity index is 2070. The van der Waals surface area contributed by atoms with Gasteiger partial charge in [0.15, 0.2) is 0 Å². The second kappa shape index (κ2) is 18.0. The second-order valence-electron chi connectivity index (χ2n) is 14.6. The number of ether oxygens (including phenoxy) is 4. The molecule has 5 rings (SSSR count). The molecule has 1 aromatic heterocycles. The first-order valence-electron chi connectivity index (χ1n) is 18.7. The Labute approximate surface area is 328 Å². The number of hydrogen-bond acceptors (Lipinski definition) is 11. The Hall–Kier alpha value is -4.85. The summed E-state index contributed by atoms with van der Waals surface area (Å²) < 4.78 is 35.2. The minimum absolute atomic E-state index is 0.0113. The Morgan fingerprint density at radius 3 is 1.98 bits per heavy atom. The molecule has 0 saturated carbocycles. The number of rotatable bonds is 17. The van der Waals surface area contributed by atoms with Gasteiger partial charge in [-0.2, -0.15) is 0 Å². The summed E-state index contributed by atoms with van der Waals surface area (Å²) in [6, 6.07) is 28.8. The van der Waals surface area contributed by atoms with E-state index in [-0.39, 0.29) is 49.7 Å². The Morgan fingerprint density at radius 1 is 0.929 bits per heavy atom. The topological polar surface area (TPSA) is 172 Å². The third kappa shape index (κ3) is 8.59. The number of H-pyrrole nitrogens is 1. The van der Waals surface area contributed by atoms with Gasteiger partial charge in [-0.05, 0) is 0 Å². The third-order valence-corrected chi connectivity index (χ3v) is 13.8. The number of aromatic nitrogens is 2. The molecule has 1 saturated heterocycles. The summed E-state index contributed by atoms with van der Waals surface area (Å²) in [4.78, 5) is 40.8. The average molecular weight is 786 g/mol. The van der Waals surface area contributed by atoms with Gasteiger partial charge in [-0.3, -0.25) is 0 Å². The molecule has 14 heteroatoms. The van der Waals surface area contributed by atoms with E-state index in [4.69, 9.17) is 23.5 Å². The average Bonchev–Trinajstić information content (AvgIpc) is 3.52. The van der Waals surface area contributed by atoms with Crippen LogP contribution >= 0.6 is 7.87 Å². The van der Waals surface area contributed by atoms with Crippen molar-refractivity contribution in [1.82, 2.24) is 14.2 Å². The second-order valence-corrected chi connectivity index (χ2v) is 17.3. The van der Waals surface area contributed by atoms with Gasteiger partial charge in [-0.15, -0.1) is 0 Å². The normalized spacial score (nSPS) is 18.9. The molecule has 298 valence electrons. The van der Waals surface area contributed by atoms with Crippen molar-refractivity contribution >= 4 is 7.87 Å². The van der Waals surface area contributed by atoms with Gasteiger partial charge < -0.3 is 0 Å². The molecular formula is C42H52N5O8P. The maximum atomic E-state index is 13.3. The number of aryl methyl sites for hydroxylation is 1. The summed E-state index contributed by atoms with van der Waals surface area (Å²) in [5.74, 6) is 1.30. The number of methoxy groups -OCH3 is 2. The fraction of sp³-hybridized carbons (Fsp3) is 0.429. The van der Waals surface area contributed by atoms with E-state index >= 15 is 0 Å². The van der Waals surface area contributed by atoms with E-state index in [1.54, 1.807) is 21.1 Å². The molecule has 2 heterocycles. The molecule has 0 bridgehead atoms. The van der Waals surface area contributed by atoms with Gasteiger partial charge in [0.2, 0.25) is 0 Å². The summed E-state index contributed by atoms with van der Waals surface area (Å²) in [5, 5.41) is 20.2. The van der Waals surface area contributed by atoms with Crippen LogP contribution in [0.2, 0.25) is 0 Å². The molecule has 1 aliphatic rings. The molecule has 0 aliphatic carbocycles. The number of hydrogen-bond donors (Lipinski definition) is 2. The fourth-order valence-electron chi connectivity index (χ4n) is 7.86. The van der Waals surface area contributed by atoms with Crippen LogP contribution in [0.4, 0.5) is 0 Å². The zero-order chi connectivity index (χ0) is 40.7. The predicted molar refractivity (Wildman–Crippen MR) is 215 cm³/mol. The number of nitriles is 2. The number of aromatic amines is 1. The van der Waals surface area contributed by atoms with Crippen LogP contribution in [0, 0.1) is 29.6 Å². The molecule has 3 atom stereocenters. The van der Waals surface area contributed by atoms with Gasteiger partial charge in [0.1, 0.15) is 0 Å². The SMILES string of the molecule is COc1ccc(C(OC[C@H]2O[C@@H](n3cc(C)c(=O)[nH]c3=O)C[C@]2(CC#N)O[PH](O)(CCC#N)N(C(C)C)C(C)C)(c2ccccc2)c2ccc(OC)cc2)cc1. The molecule has 1 fully saturated rings.